The number of benzene rings is 2. The third-order valence-electron chi connectivity index (χ3n) is 8.88. The number of aliphatic imine (C=N–C) groups is 1. The van der Waals surface area contributed by atoms with Crippen LogP contribution in [0.3, 0.4) is 0 Å². The Labute approximate surface area is 275 Å². The highest BCUT2D eigenvalue weighted by Gasteiger charge is 2.30. The molecule has 10 nitrogen and oxygen atoms in total. The average molecular weight is 642 g/mol. The third kappa shape index (κ3) is 9.59. The maximum Gasteiger partial charge on any atom is 0.228 e. The summed E-state index contributed by atoms with van der Waals surface area (Å²) in [5.41, 5.74) is 8.91. The van der Waals surface area contributed by atoms with Gasteiger partial charge in [0.05, 0.1) is 6.61 Å². The number of Topliss-reactive ketones (excluding diaryl/α,β-unsaturated/α-hetero) is 1. The lowest BCUT2D eigenvalue weighted by atomic mass is 9.77. The summed E-state index contributed by atoms with van der Waals surface area (Å²) in [5.74, 6) is 0.119. The molecular weight excluding hydrogens is 597 g/mol. The Balaban J connectivity index is 1.27. The van der Waals surface area contributed by atoms with E-state index in [-0.39, 0.29) is 30.4 Å². The number of amides is 1. The van der Waals surface area contributed by atoms with Gasteiger partial charge in [0.25, 0.3) is 0 Å². The maximum absolute atomic E-state index is 15.5. The van der Waals surface area contributed by atoms with E-state index in [0.29, 0.717) is 59.8 Å². The molecule has 5 rings (SSSR count). The largest absolute Gasteiger partial charge is 0.478 e. The number of ketones is 1. The van der Waals surface area contributed by atoms with Gasteiger partial charge in [-0.15, -0.1) is 5.11 Å². The quantitative estimate of drug-likeness (QED) is 0.198. The summed E-state index contributed by atoms with van der Waals surface area (Å²) in [5, 5.41) is 10.9. The number of halogens is 1. The van der Waals surface area contributed by atoms with Crippen LogP contribution < -0.4 is 15.8 Å². The zero-order valence-corrected chi connectivity index (χ0v) is 27.2. The van der Waals surface area contributed by atoms with Gasteiger partial charge in [-0.25, -0.2) is 14.4 Å². The SMILES string of the molecule is CN(C)CCCOc1ccc(-c2ccc(C[C@H](CC(=O)C3CCC(CN)CC3)C(=O)Nc3ccc(C4=NCN=N4)cc3)cc2F)cn1. The number of nitrogens with one attached hydrogen (secondary N) is 1. The Bertz CT molecular complexity index is 1570. The van der Waals surface area contributed by atoms with Crippen LogP contribution in [0.15, 0.2) is 76.0 Å². The Morgan fingerprint density at radius 3 is 2.45 bits per heavy atom. The molecule has 248 valence electrons. The third-order valence-corrected chi connectivity index (χ3v) is 8.88. The number of ether oxygens (including phenoxy) is 1. The molecule has 3 aromatic rings. The van der Waals surface area contributed by atoms with Crippen molar-refractivity contribution >= 4 is 23.2 Å². The van der Waals surface area contributed by atoms with E-state index in [1.54, 1.807) is 36.5 Å². The van der Waals surface area contributed by atoms with E-state index < -0.39 is 11.7 Å². The molecule has 1 fully saturated rings. The molecule has 1 aromatic heterocycles. The number of nitrogens with zero attached hydrogens (tertiary/aromatic N) is 5. The second kappa shape index (κ2) is 16.5. The molecule has 1 saturated carbocycles. The molecule has 0 saturated heterocycles. The van der Waals surface area contributed by atoms with Gasteiger partial charge in [-0.05, 0) is 107 Å². The monoisotopic (exact) mass is 641 g/mol. The second-order valence-electron chi connectivity index (χ2n) is 12.7. The molecule has 0 spiro atoms. The number of hydrogen-bond donors (Lipinski definition) is 2. The molecular formula is C36H44FN7O3. The lowest BCUT2D eigenvalue weighted by Gasteiger charge is -2.27. The highest BCUT2D eigenvalue weighted by atomic mass is 19.1. The summed E-state index contributed by atoms with van der Waals surface area (Å²) in [6.45, 7) is 2.41. The summed E-state index contributed by atoms with van der Waals surface area (Å²) in [7, 11) is 4.02. The topological polar surface area (TPSA) is 135 Å². The standard InChI is InChI=1S/C36H44FN7O3/c1-44(2)16-3-17-47-34-15-11-28(22-39-34)31-14-6-25(19-32(31)37)18-29(20-33(45)26-7-4-24(21-38)5-8-26)36(46)42-30-12-9-27(10-13-30)35-40-23-41-43-35/h6,9-15,19,22,24,26,29H,3-5,7-8,16-18,20-21,23,38H2,1-2H3,(H,42,46)/t24?,26?,29-/m1/s1. The van der Waals surface area contributed by atoms with E-state index in [1.165, 1.54) is 6.07 Å². The van der Waals surface area contributed by atoms with E-state index in [2.05, 4.69) is 30.4 Å². The summed E-state index contributed by atoms with van der Waals surface area (Å²) >= 11 is 0. The number of aromatic nitrogens is 1. The van der Waals surface area contributed by atoms with Crippen molar-refractivity contribution in [3.63, 3.8) is 0 Å². The fourth-order valence-corrected chi connectivity index (χ4v) is 6.10. The van der Waals surface area contributed by atoms with Gasteiger partial charge < -0.3 is 20.7 Å². The smallest absolute Gasteiger partial charge is 0.228 e. The van der Waals surface area contributed by atoms with Crippen LogP contribution in [0.5, 0.6) is 5.88 Å². The Morgan fingerprint density at radius 1 is 1.04 bits per heavy atom. The predicted molar refractivity (Wildman–Crippen MR) is 181 cm³/mol. The highest BCUT2D eigenvalue weighted by molar-refractivity contribution is 6.01. The van der Waals surface area contributed by atoms with Gasteiger partial charge in [0.1, 0.15) is 11.6 Å². The van der Waals surface area contributed by atoms with Crippen LogP contribution >= 0.6 is 0 Å². The summed E-state index contributed by atoms with van der Waals surface area (Å²) < 4.78 is 21.2. The Hall–Kier alpha value is -4.35. The van der Waals surface area contributed by atoms with E-state index >= 15 is 4.39 Å². The molecule has 1 aliphatic carbocycles. The first-order valence-electron chi connectivity index (χ1n) is 16.4. The predicted octanol–water partition coefficient (Wildman–Crippen LogP) is 5.91. The number of azo groups is 1. The van der Waals surface area contributed by atoms with Gasteiger partial charge in [-0.3, -0.25) is 9.59 Å². The minimum absolute atomic E-state index is 0.0766. The fourth-order valence-electron chi connectivity index (χ4n) is 6.10. The molecule has 2 aliphatic rings. The molecule has 2 aromatic carbocycles. The Kier molecular flexibility index (Phi) is 11.9. The number of rotatable bonds is 15. The van der Waals surface area contributed by atoms with Crippen LogP contribution in [0.25, 0.3) is 11.1 Å². The number of anilines is 1. The minimum atomic E-state index is -0.668. The van der Waals surface area contributed by atoms with E-state index in [9.17, 15) is 9.59 Å². The van der Waals surface area contributed by atoms with Gasteiger partial charge in [0.2, 0.25) is 11.8 Å². The van der Waals surface area contributed by atoms with Gasteiger partial charge in [-0.2, -0.15) is 5.11 Å². The molecule has 1 amide bonds. The molecule has 11 heteroatoms. The van der Waals surface area contributed by atoms with Gasteiger partial charge in [-0.1, -0.05) is 12.1 Å². The number of carbonyl (C=O) groups excluding carboxylic acids is 2. The van der Waals surface area contributed by atoms with Crippen LogP contribution in [-0.4, -0.2) is 67.9 Å². The first-order chi connectivity index (χ1) is 22.8. The number of pyridine rings is 1. The van der Waals surface area contributed by atoms with Crippen molar-refractivity contribution in [2.45, 2.75) is 44.9 Å². The molecule has 0 radical (unpaired) electrons. The van der Waals surface area contributed by atoms with E-state index in [0.717, 1.165) is 44.2 Å². The average Bonchev–Trinajstić information content (AvgIpc) is 3.62. The molecule has 3 N–H and O–H groups in total. The van der Waals surface area contributed by atoms with Crippen molar-refractivity contribution < 1.29 is 18.7 Å². The van der Waals surface area contributed by atoms with Crippen LogP contribution in [0.2, 0.25) is 0 Å². The van der Waals surface area contributed by atoms with Crippen LogP contribution in [0.1, 0.15) is 49.7 Å². The summed E-state index contributed by atoms with van der Waals surface area (Å²) in [6, 6.07) is 15.7. The van der Waals surface area contributed by atoms with Gasteiger partial charge in [0, 0.05) is 59.4 Å². The number of amidine groups is 1. The van der Waals surface area contributed by atoms with Crippen LogP contribution in [-0.2, 0) is 16.0 Å². The molecule has 47 heavy (non-hydrogen) atoms. The fraction of sp³-hybridized carbons (Fsp3) is 0.444. The maximum atomic E-state index is 15.5. The van der Waals surface area contributed by atoms with Crippen molar-refractivity contribution in [1.82, 2.24) is 9.88 Å². The first kappa shape index (κ1) is 34.0. The molecule has 2 heterocycles. The van der Waals surface area contributed by atoms with Gasteiger partial charge in [0.15, 0.2) is 12.5 Å². The van der Waals surface area contributed by atoms with Crippen LogP contribution in [0, 0.1) is 23.6 Å². The number of hydrogen-bond acceptors (Lipinski definition) is 9. The Morgan fingerprint density at radius 2 is 1.81 bits per heavy atom. The molecule has 0 bridgehead atoms. The van der Waals surface area contributed by atoms with Crippen molar-refractivity contribution in [2.75, 3.05) is 45.8 Å². The van der Waals surface area contributed by atoms with Crippen molar-refractivity contribution in [2.24, 2.45) is 38.7 Å². The molecule has 0 unspecified atom stereocenters. The zero-order valence-electron chi connectivity index (χ0n) is 27.2. The first-order valence-corrected chi connectivity index (χ1v) is 16.4. The number of carbonyl (C=O) groups is 2. The normalized spacial score (nSPS) is 18.2. The van der Waals surface area contributed by atoms with Crippen molar-refractivity contribution in [3.05, 3.63) is 77.7 Å². The second-order valence-corrected chi connectivity index (χ2v) is 12.7. The highest BCUT2D eigenvalue weighted by Crippen LogP contribution is 2.32. The molecule has 1 aliphatic heterocycles. The van der Waals surface area contributed by atoms with Crippen molar-refractivity contribution in [1.29, 1.82) is 0 Å². The lowest BCUT2D eigenvalue weighted by Crippen LogP contribution is -2.31. The lowest BCUT2D eigenvalue weighted by molar-refractivity contribution is -0.129. The van der Waals surface area contributed by atoms with E-state index in [4.69, 9.17) is 10.5 Å². The van der Waals surface area contributed by atoms with Crippen LogP contribution in [0.4, 0.5) is 10.1 Å². The minimum Gasteiger partial charge on any atom is -0.478 e. The summed E-state index contributed by atoms with van der Waals surface area (Å²) in [4.78, 5) is 37.8. The van der Waals surface area contributed by atoms with Crippen molar-refractivity contribution in [3.8, 4) is 17.0 Å². The van der Waals surface area contributed by atoms with E-state index in [1.807, 2.05) is 32.3 Å². The van der Waals surface area contributed by atoms with Gasteiger partial charge >= 0.3 is 0 Å². The molecule has 1 atom stereocenters. The summed E-state index contributed by atoms with van der Waals surface area (Å²) in [6.07, 6.45) is 6.20. The number of nitrogens with two attached hydrogens (primary N) is 1. The zero-order chi connectivity index (χ0) is 33.2.